The molecule has 1 N–H and O–H groups in total. The van der Waals surface area contributed by atoms with E-state index in [0.29, 0.717) is 6.61 Å². The molecule has 0 heterocycles. The molecule has 1 aromatic carbocycles. The van der Waals surface area contributed by atoms with Gasteiger partial charge in [-0.3, -0.25) is 4.79 Å². The van der Waals surface area contributed by atoms with Gasteiger partial charge in [0, 0.05) is 5.54 Å². The number of hydrogen-bond acceptors (Lipinski definition) is 3. The summed E-state index contributed by atoms with van der Waals surface area (Å²) >= 11 is 0. The largest absolute Gasteiger partial charge is 0.465 e. The summed E-state index contributed by atoms with van der Waals surface area (Å²) in [6.07, 6.45) is 1.99. The molecule has 18 heavy (non-hydrogen) atoms. The predicted octanol–water partition coefficient (Wildman–Crippen LogP) is 2.55. The molecule has 3 nitrogen and oxygen atoms in total. The summed E-state index contributed by atoms with van der Waals surface area (Å²) in [6, 6.07) is 10.4. The highest BCUT2D eigenvalue weighted by Gasteiger charge is 2.18. The van der Waals surface area contributed by atoms with E-state index in [1.807, 2.05) is 25.1 Å². The molecule has 1 aromatic rings. The van der Waals surface area contributed by atoms with Crippen LogP contribution in [0.1, 0.15) is 32.8 Å². The summed E-state index contributed by atoms with van der Waals surface area (Å²) in [6.45, 7) is 6.74. The SMILES string of the molecule is CCOC(=O)CNC(C)(C)CCc1ccccc1. The second kappa shape index (κ2) is 7.17. The Balaban J connectivity index is 2.33. The van der Waals surface area contributed by atoms with Crippen molar-refractivity contribution >= 4 is 5.97 Å². The number of rotatable bonds is 7. The van der Waals surface area contributed by atoms with Crippen molar-refractivity contribution in [2.24, 2.45) is 0 Å². The van der Waals surface area contributed by atoms with Crippen LogP contribution in [0.2, 0.25) is 0 Å². The van der Waals surface area contributed by atoms with E-state index in [2.05, 4.69) is 31.3 Å². The third-order valence-electron chi connectivity index (χ3n) is 2.90. The zero-order chi connectivity index (χ0) is 13.4. The zero-order valence-electron chi connectivity index (χ0n) is 11.5. The summed E-state index contributed by atoms with van der Waals surface area (Å²) in [4.78, 5) is 11.3. The molecule has 0 unspecified atom stereocenters. The van der Waals surface area contributed by atoms with Gasteiger partial charge < -0.3 is 10.1 Å². The molecule has 0 saturated carbocycles. The number of ether oxygens (including phenoxy) is 1. The molecule has 0 radical (unpaired) electrons. The van der Waals surface area contributed by atoms with Gasteiger partial charge in [0.1, 0.15) is 0 Å². The summed E-state index contributed by atoms with van der Waals surface area (Å²) in [5.41, 5.74) is 1.26. The standard InChI is InChI=1S/C15H23NO2/c1-4-18-14(17)12-16-15(2,3)11-10-13-8-6-5-7-9-13/h5-9,16H,4,10-12H2,1-3H3. The minimum atomic E-state index is -0.190. The number of hydrogen-bond donors (Lipinski definition) is 1. The van der Waals surface area contributed by atoms with Crippen molar-refractivity contribution in [3.63, 3.8) is 0 Å². The van der Waals surface area contributed by atoms with Crippen molar-refractivity contribution in [1.29, 1.82) is 0 Å². The average molecular weight is 249 g/mol. The van der Waals surface area contributed by atoms with E-state index < -0.39 is 0 Å². The molecule has 0 fully saturated rings. The lowest BCUT2D eigenvalue weighted by molar-refractivity contribution is -0.142. The van der Waals surface area contributed by atoms with Crippen molar-refractivity contribution in [1.82, 2.24) is 5.32 Å². The molecule has 0 aliphatic rings. The summed E-state index contributed by atoms with van der Waals surface area (Å²) < 4.78 is 4.90. The first-order valence-electron chi connectivity index (χ1n) is 6.48. The van der Waals surface area contributed by atoms with Gasteiger partial charge in [0.05, 0.1) is 13.2 Å². The third-order valence-corrected chi connectivity index (χ3v) is 2.90. The highest BCUT2D eigenvalue weighted by molar-refractivity contribution is 5.71. The molecular weight excluding hydrogens is 226 g/mol. The van der Waals surface area contributed by atoms with Gasteiger partial charge in [-0.2, -0.15) is 0 Å². The van der Waals surface area contributed by atoms with Crippen LogP contribution in [0.4, 0.5) is 0 Å². The van der Waals surface area contributed by atoms with Gasteiger partial charge in [-0.15, -0.1) is 0 Å². The van der Waals surface area contributed by atoms with Crippen LogP contribution in [-0.2, 0) is 16.0 Å². The zero-order valence-corrected chi connectivity index (χ0v) is 11.5. The topological polar surface area (TPSA) is 38.3 Å². The van der Waals surface area contributed by atoms with Gasteiger partial charge in [-0.05, 0) is 39.2 Å². The van der Waals surface area contributed by atoms with Crippen LogP contribution in [0.3, 0.4) is 0 Å². The van der Waals surface area contributed by atoms with Gasteiger partial charge in [0.15, 0.2) is 0 Å². The number of esters is 1. The fraction of sp³-hybridized carbons (Fsp3) is 0.533. The maximum absolute atomic E-state index is 11.3. The lowest BCUT2D eigenvalue weighted by Crippen LogP contribution is -2.43. The molecule has 0 aliphatic heterocycles. The molecular formula is C15H23NO2. The molecule has 0 spiro atoms. The first-order chi connectivity index (χ1) is 8.53. The Morgan fingerprint density at radius 2 is 1.94 bits per heavy atom. The second-order valence-electron chi connectivity index (χ2n) is 5.03. The fourth-order valence-electron chi connectivity index (χ4n) is 1.71. The lowest BCUT2D eigenvalue weighted by Gasteiger charge is -2.26. The van der Waals surface area contributed by atoms with Crippen LogP contribution in [0, 0.1) is 0 Å². The van der Waals surface area contributed by atoms with Gasteiger partial charge in [0.2, 0.25) is 0 Å². The van der Waals surface area contributed by atoms with E-state index in [0.717, 1.165) is 12.8 Å². The summed E-state index contributed by atoms with van der Waals surface area (Å²) in [7, 11) is 0. The highest BCUT2D eigenvalue weighted by atomic mass is 16.5. The van der Waals surface area contributed by atoms with Crippen molar-refractivity contribution < 1.29 is 9.53 Å². The molecule has 100 valence electrons. The Kier molecular flexibility index (Phi) is 5.86. The smallest absolute Gasteiger partial charge is 0.319 e. The van der Waals surface area contributed by atoms with Crippen LogP contribution >= 0.6 is 0 Å². The number of nitrogens with one attached hydrogen (secondary N) is 1. The normalized spacial score (nSPS) is 11.3. The average Bonchev–Trinajstić information content (AvgIpc) is 2.36. The van der Waals surface area contributed by atoms with Gasteiger partial charge in [-0.1, -0.05) is 30.3 Å². The summed E-state index contributed by atoms with van der Waals surface area (Å²) in [5, 5.41) is 3.24. The van der Waals surface area contributed by atoms with Gasteiger partial charge in [-0.25, -0.2) is 0 Å². The summed E-state index contributed by atoms with van der Waals surface area (Å²) in [5.74, 6) is -0.190. The molecule has 0 aromatic heterocycles. The Morgan fingerprint density at radius 3 is 2.56 bits per heavy atom. The van der Waals surface area contributed by atoms with E-state index in [-0.39, 0.29) is 18.1 Å². The Morgan fingerprint density at radius 1 is 1.28 bits per heavy atom. The Hall–Kier alpha value is -1.35. The monoisotopic (exact) mass is 249 g/mol. The van der Waals surface area contributed by atoms with Crippen LogP contribution in [0.15, 0.2) is 30.3 Å². The van der Waals surface area contributed by atoms with Crippen molar-refractivity contribution in [3.05, 3.63) is 35.9 Å². The van der Waals surface area contributed by atoms with Crippen molar-refractivity contribution in [2.45, 2.75) is 39.2 Å². The van der Waals surface area contributed by atoms with Crippen molar-refractivity contribution in [2.75, 3.05) is 13.2 Å². The lowest BCUT2D eigenvalue weighted by atomic mass is 9.95. The fourth-order valence-corrected chi connectivity index (χ4v) is 1.71. The first-order valence-corrected chi connectivity index (χ1v) is 6.48. The number of carbonyl (C=O) groups is 1. The van der Waals surface area contributed by atoms with Crippen LogP contribution < -0.4 is 5.32 Å². The Bertz CT molecular complexity index is 360. The maximum atomic E-state index is 11.3. The minimum Gasteiger partial charge on any atom is -0.465 e. The number of aryl methyl sites for hydroxylation is 1. The number of benzene rings is 1. The predicted molar refractivity (Wildman–Crippen MR) is 73.5 cm³/mol. The molecule has 3 heteroatoms. The van der Waals surface area contributed by atoms with Crippen LogP contribution in [0.25, 0.3) is 0 Å². The molecule has 0 amide bonds. The van der Waals surface area contributed by atoms with Gasteiger partial charge in [0.25, 0.3) is 0 Å². The van der Waals surface area contributed by atoms with E-state index in [4.69, 9.17) is 4.74 Å². The van der Waals surface area contributed by atoms with E-state index in [1.54, 1.807) is 0 Å². The molecule has 0 bridgehead atoms. The van der Waals surface area contributed by atoms with E-state index in [1.165, 1.54) is 5.56 Å². The Labute approximate surface area is 110 Å². The van der Waals surface area contributed by atoms with Crippen molar-refractivity contribution in [3.8, 4) is 0 Å². The van der Waals surface area contributed by atoms with E-state index >= 15 is 0 Å². The number of carbonyl (C=O) groups excluding carboxylic acids is 1. The minimum absolute atomic E-state index is 0.0669. The van der Waals surface area contributed by atoms with E-state index in [9.17, 15) is 4.79 Å². The maximum Gasteiger partial charge on any atom is 0.319 e. The third kappa shape index (κ3) is 5.82. The highest BCUT2D eigenvalue weighted by Crippen LogP contribution is 2.13. The first kappa shape index (κ1) is 14.7. The second-order valence-corrected chi connectivity index (χ2v) is 5.03. The quantitative estimate of drug-likeness (QED) is 0.755. The van der Waals surface area contributed by atoms with Crippen LogP contribution in [0.5, 0.6) is 0 Å². The molecule has 0 aliphatic carbocycles. The molecule has 0 atom stereocenters. The van der Waals surface area contributed by atoms with Crippen LogP contribution in [-0.4, -0.2) is 24.7 Å². The van der Waals surface area contributed by atoms with Gasteiger partial charge >= 0.3 is 5.97 Å². The molecule has 1 rings (SSSR count). The molecule has 0 saturated heterocycles.